The van der Waals surface area contributed by atoms with Crippen LogP contribution in [0.15, 0.2) is 22.9 Å². The van der Waals surface area contributed by atoms with E-state index in [1.54, 1.807) is 6.20 Å². The minimum Gasteiger partial charge on any atom is -0.223 e. The van der Waals surface area contributed by atoms with E-state index in [4.69, 9.17) is 0 Å². The molecule has 0 aromatic carbocycles. The number of aromatic nitrogens is 3. The van der Waals surface area contributed by atoms with Gasteiger partial charge in [-0.1, -0.05) is 13.8 Å². The topological polar surface area (TPSA) is 30.2 Å². The molecule has 0 aliphatic rings. The summed E-state index contributed by atoms with van der Waals surface area (Å²) >= 11 is 3.41. The normalized spacial score (nSPS) is 11.4. The number of imidazole rings is 1. The largest absolute Gasteiger partial charge is 0.223 e. The molecule has 0 saturated carbocycles. The molecule has 2 aromatic heterocycles. The van der Waals surface area contributed by atoms with Crippen LogP contribution in [-0.2, 0) is 0 Å². The van der Waals surface area contributed by atoms with Crippen LogP contribution in [0.25, 0.3) is 5.52 Å². The molecule has 0 atom stereocenters. The van der Waals surface area contributed by atoms with E-state index in [2.05, 4.69) is 39.9 Å². The maximum Gasteiger partial charge on any atom is 0.134 e. The van der Waals surface area contributed by atoms with Crippen LogP contribution in [0.3, 0.4) is 0 Å². The molecule has 13 heavy (non-hydrogen) atoms. The second-order valence-corrected chi connectivity index (χ2v) is 3.99. The highest BCUT2D eigenvalue weighted by molar-refractivity contribution is 9.10. The summed E-state index contributed by atoms with van der Waals surface area (Å²) in [4.78, 5) is 4.41. The summed E-state index contributed by atoms with van der Waals surface area (Å²) in [5.41, 5.74) is 1.02. The van der Waals surface area contributed by atoms with E-state index < -0.39 is 0 Å². The van der Waals surface area contributed by atoms with Crippen molar-refractivity contribution in [2.45, 2.75) is 19.8 Å². The Morgan fingerprint density at radius 2 is 2.23 bits per heavy atom. The van der Waals surface area contributed by atoms with Gasteiger partial charge in [0.15, 0.2) is 0 Å². The fraction of sp³-hybridized carbons (Fsp3) is 0.333. The van der Waals surface area contributed by atoms with Crippen molar-refractivity contribution in [3.63, 3.8) is 0 Å². The van der Waals surface area contributed by atoms with Gasteiger partial charge in [0.05, 0.1) is 5.52 Å². The first-order valence-electron chi connectivity index (χ1n) is 4.19. The van der Waals surface area contributed by atoms with Gasteiger partial charge in [-0.25, -0.2) is 9.50 Å². The van der Waals surface area contributed by atoms with Crippen LogP contribution >= 0.6 is 15.9 Å². The second-order valence-electron chi connectivity index (χ2n) is 3.24. The summed E-state index contributed by atoms with van der Waals surface area (Å²) in [6, 6.07) is 3.90. The molecule has 0 radical (unpaired) electrons. The van der Waals surface area contributed by atoms with Crippen LogP contribution in [-0.4, -0.2) is 14.6 Å². The van der Waals surface area contributed by atoms with Gasteiger partial charge in [0.25, 0.3) is 0 Å². The first-order valence-corrected chi connectivity index (χ1v) is 4.98. The van der Waals surface area contributed by atoms with Crippen molar-refractivity contribution in [2.24, 2.45) is 0 Å². The molecule has 0 aliphatic carbocycles. The van der Waals surface area contributed by atoms with Crippen molar-refractivity contribution in [3.05, 3.63) is 28.8 Å². The van der Waals surface area contributed by atoms with Crippen molar-refractivity contribution in [1.29, 1.82) is 0 Å². The zero-order valence-electron chi connectivity index (χ0n) is 7.53. The van der Waals surface area contributed by atoms with Crippen molar-refractivity contribution in [1.82, 2.24) is 14.6 Å². The van der Waals surface area contributed by atoms with Crippen LogP contribution in [0.1, 0.15) is 25.6 Å². The molecule has 68 valence electrons. The Hall–Kier alpha value is -0.900. The minimum absolute atomic E-state index is 0.383. The van der Waals surface area contributed by atoms with Gasteiger partial charge < -0.3 is 0 Å². The van der Waals surface area contributed by atoms with Gasteiger partial charge in [-0.15, -0.1) is 0 Å². The summed E-state index contributed by atoms with van der Waals surface area (Å²) in [5.74, 6) is 1.37. The Balaban J connectivity index is 2.78. The molecule has 0 aliphatic heterocycles. The van der Waals surface area contributed by atoms with Crippen molar-refractivity contribution in [2.75, 3.05) is 0 Å². The van der Waals surface area contributed by atoms with E-state index in [1.165, 1.54) is 0 Å². The van der Waals surface area contributed by atoms with Gasteiger partial charge >= 0.3 is 0 Å². The predicted molar refractivity (Wildman–Crippen MR) is 54.8 cm³/mol. The van der Waals surface area contributed by atoms with Gasteiger partial charge in [-0.3, -0.25) is 0 Å². The average Bonchev–Trinajstić information content (AvgIpc) is 2.45. The summed E-state index contributed by atoms with van der Waals surface area (Å²) in [6.07, 6.45) is 1.77. The van der Waals surface area contributed by atoms with Gasteiger partial charge in [0.2, 0.25) is 0 Å². The highest BCUT2D eigenvalue weighted by Gasteiger charge is 2.11. The third kappa shape index (κ3) is 1.35. The Morgan fingerprint density at radius 1 is 1.46 bits per heavy atom. The summed E-state index contributed by atoms with van der Waals surface area (Å²) in [5, 5.41) is 4.25. The molecule has 2 heterocycles. The number of rotatable bonds is 1. The van der Waals surface area contributed by atoms with Gasteiger partial charge in [-0.05, 0) is 28.1 Å². The van der Waals surface area contributed by atoms with Crippen molar-refractivity contribution in [3.8, 4) is 0 Å². The third-order valence-electron chi connectivity index (χ3n) is 1.91. The van der Waals surface area contributed by atoms with E-state index in [9.17, 15) is 0 Å². The van der Waals surface area contributed by atoms with Crippen LogP contribution in [0.2, 0.25) is 0 Å². The number of hydrogen-bond donors (Lipinski definition) is 0. The van der Waals surface area contributed by atoms with Crippen LogP contribution in [0.4, 0.5) is 0 Å². The molecule has 0 N–H and O–H groups in total. The van der Waals surface area contributed by atoms with E-state index in [0.29, 0.717) is 5.92 Å². The van der Waals surface area contributed by atoms with Gasteiger partial charge in [0, 0.05) is 12.1 Å². The maximum atomic E-state index is 4.41. The zero-order valence-corrected chi connectivity index (χ0v) is 9.12. The zero-order chi connectivity index (χ0) is 9.42. The van der Waals surface area contributed by atoms with Gasteiger partial charge in [0.1, 0.15) is 10.4 Å². The Kier molecular flexibility index (Phi) is 2.07. The summed E-state index contributed by atoms with van der Waals surface area (Å²) in [7, 11) is 0. The van der Waals surface area contributed by atoms with E-state index >= 15 is 0 Å². The molecular formula is C9H10BrN3. The first kappa shape index (κ1) is 8.69. The fourth-order valence-corrected chi connectivity index (χ4v) is 1.77. The Labute approximate surface area is 84.9 Å². The minimum atomic E-state index is 0.383. The Bertz CT molecular complexity index is 433. The van der Waals surface area contributed by atoms with Crippen LogP contribution in [0.5, 0.6) is 0 Å². The molecule has 0 unspecified atom stereocenters. The molecule has 0 spiro atoms. The molecular weight excluding hydrogens is 230 g/mol. The Morgan fingerprint density at radius 3 is 2.92 bits per heavy atom. The summed E-state index contributed by atoms with van der Waals surface area (Å²) < 4.78 is 2.73. The number of nitrogens with zero attached hydrogens (tertiary/aromatic N) is 3. The molecule has 3 nitrogen and oxygen atoms in total. The van der Waals surface area contributed by atoms with Gasteiger partial charge in [-0.2, -0.15) is 5.10 Å². The van der Waals surface area contributed by atoms with Crippen molar-refractivity contribution < 1.29 is 0 Å². The van der Waals surface area contributed by atoms with Crippen LogP contribution < -0.4 is 0 Å². The van der Waals surface area contributed by atoms with E-state index in [1.807, 2.05) is 16.6 Å². The van der Waals surface area contributed by atoms with E-state index in [-0.39, 0.29) is 0 Å². The molecule has 0 bridgehead atoms. The molecule has 0 amide bonds. The summed E-state index contributed by atoms with van der Waals surface area (Å²) in [6.45, 7) is 4.21. The lowest BCUT2D eigenvalue weighted by Crippen LogP contribution is -1.99. The average molecular weight is 240 g/mol. The molecule has 0 fully saturated rings. The molecule has 2 rings (SSSR count). The lowest BCUT2D eigenvalue weighted by Gasteiger charge is -2.01. The third-order valence-corrected chi connectivity index (χ3v) is 2.49. The standard InChI is InChI=1S/C9H10BrN3/c1-6(2)9-12-8(10)7-4-3-5-11-13(7)9/h3-6H,1-2H3. The molecule has 4 heteroatoms. The number of halogens is 1. The lowest BCUT2D eigenvalue weighted by molar-refractivity contribution is 0.726. The monoisotopic (exact) mass is 239 g/mol. The highest BCUT2D eigenvalue weighted by Crippen LogP contribution is 2.21. The molecule has 2 aromatic rings. The number of hydrogen-bond acceptors (Lipinski definition) is 2. The second kappa shape index (κ2) is 3.10. The fourth-order valence-electron chi connectivity index (χ4n) is 1.29. The lowest BCUT2D eigenvalue weighted by atomic mass is 10.2. The smallest absolute Gasteiger partial charge is 0.134 e. The van der Waals surface area contributed by atoms with Crippen molar-refractivity contribution >= 4 is 21.4 Å². The number of fused-ring (bicyclic) bond motifs is 1. The van der Waals surface area contributed by atoms with Crippen LogP contribution in [0, 0.1) is 0 Å². The SMILES string of the molecule is CC(C)c1nc(Br)c2cccnn12. The highest BCUT2D eigenvalue weighted by atomic mass is 79.9. The predicted octanol–water partition coefficient (Wildman–Crippen LogP) is 2.62. The molecule has 0 saturated heterocycles. The maximum absolute atomic E-state index is 4.41. The van der Waals surface area contributed by atoms with E-state index in [0.717, 1.165) is 15.9 Å². The first-order chi connectivity index (χ1) is 6.20. The quantitative estimate of drug-likeness (QED) is 0.766.